The van der Waals surface area contributed by atoms with Crippen molar-refractivity contribution in [3.8, 4) is 0 Å². The van der Waals surface area contributed by atoms with Gasteiger partial charge < -0.3 is 10.3 Å². The Morgan fingerprint density at radius 3 is 2.90 bits per heavy atom. The highest BCUT2D eigenvalue weighted by Gasteiger charge is 2.31. The molecule has 1 unspecified atom stereocenters. The third kappa shape index (κ3) is 3.24. The molecule has 0 radical (unpaired) electrons. The molecule has 0 bridgehead atoms. The van der Waals surface area contributed by atoms with Gasteiger partial charge in [-0.2, -0.15) is 4.31 Å². The third-order valence-corrected chi connectivity index (χ3v) is 5.91. The summed E-state index contributed by atoms with van der Waals surface area (Å²) in [6, 6.07) is 1.88. The van der Waals surface area contributed by atoms with Crippen molar-refractivity contribution in [2.24, 2.45) is 0 Å². The zero-order valence-corrected chi connectivity index (χ0v) is 13.2. The van der Waals surface area contributed by atoms with E-state index in [0.29, 0.717) is 18.0 Å². The van der Waals surface area contributed by atoms with Crippen molar-refractivity contribution >= 4 is 10.0 Å². The van der Waals surface area contributed by atoms with Crippen LogP contribution in [0.25, 0.3) is 0 Å². The van der Waals surface area contributed by atoms with E-state index < -0.39 is 10.0 Å². The fraction of sp³-hybridized carbons (Fsp3) is 0.714. The Bertz CT molecular complexity index is 524. The normalized spacial score (nSPS) is 21.8. The average Bonchev–Trinajstić information content (AvgIpc) is 2.76. The zero-order valence-electron chi connectivity index (χ0n) is 12.4. The number of hydrogen-bond donors (Lipinski definition) is 2. The van der Waals surface area contributed by atoms with E-state index in [0.717, 1.165) is 37.8 Å². The minimum Gasteiger partial charge on any atom is -0.363 e. The molecule has 2 heterocycles. The summed E-state index contributed by atoms with van der Waals surface area (Å²) in [5.74, 6) is 0. The average molecular weight is 299 g/mol. The number of H-pyrrole nitrogens is 1. The molecule has 0 saturated carbocycles. The lowest BCUT2D eigenvalue weighted by Crippen LogP contribution is -2.39. The van der Waals surface area contributed by atoms with Gasteiger partial charge in [-0.1, -0.05) is 19.8 Å². The zero-order chi connectivity index (χ0) is 14.6. The lowest BCUT2D eigenvalue weighted by Gasteiger charge is -2.27. The number of sulfonamides is 1. The van der Waals surface area contributed by atoms with Gasteiger partial charge in [-0.15, -0.1) is 0 Å². The fourth-order valence-electron chi connectivity index (χ4n) is 2.87. The molecule has 0 aromatic carbocycles. The third-order valence-electron chi connectivity index (χ3n) is 3.98. The smallest absolute Gasteiger partial charge is 0.244 e. The summed E-state index contributed by atoms with van der Waals surface area (Å²) in [7, 11) is -1.53. The Kier molecular flexibility index (Phi) is 5.23. The first-order valence-corrected chi connectivity index (χ1v) is 8.87. The molecule has 1 aromatic heterocycles. The van der Waals surface area contributed by atoms with E-state index in [2.05, 4.69) is 17.2 Å². The van der Waals surface area contributed by atoms with Crippen LogP contribution in [-0.2, 0) is 16.6 Å². The molecule has 0 aliphatic carbocycles. The van der Waals surface area contributed by atoms with Crippen molar-refractivity contribution in [1.29, 1.82) is 0 Å². The predicted molar refractivity (Wildman–Crippen MR) is 80.0 cm³/mol. The van der Waals surface area contributed by atoms with Gasteiger partial charge in [0.1, 0.15) is 0 Å². The van der Waals surface area contributed by atoms with E-state index in [9.17, 15) is 8.42 Å². The van der Waals surface area contributed by atoms with Crippen LogP contribution in [0.3, 0.4) is 0 Å². The second kappa shape index (κ2) is 6.74. The van der Waals surface area contributed by atoms with Crippen molar-refractivity contribution in [3.63, 3.8) is 0 Å². The van der Waals surface area contributed by atoms with Gasteiger partial charge in [0, 0.05) is 31.0 Å². The fourth-order valence-corrected chi connectivity index (χ4v) is 4.66. The molecule has 2 N–H and O–H groups in total. The quantitative estimate of drug-likeness (QED) is 0.875. The van der Waals surface area contributed by atoms with E-state index in [1.165, 1.54) is 0 Å². The summed E-state index contributed by atoms with van der Waals surface area (Å²) in [6.07, 6.45) is 6.68. The lowest BCUT2D eigenvalue weighted by molar-refractivity contribution is 0.315. The molecule has 20 heavy (non-hydrogen) atoms. The molecule has 0 amide bonds. The Hall–Kier alpha value is -0.850. The minimum atomic E-state index is -3.37. The summed E-state index contributed by atoms with van der Waals surface area (Å²) in [6.45, 7) is 3.36. The predicted octanol–water partition coefficient (Wildman–Crippen LogP) is 2.08. The van der Waals surface area contributed by atoms with Gasteiger partial charge in [-0.3, -0.25) is 0 Å². The van der Waals surface area contributed by atoms with Gasteiger partial charge in [0.15, 0.2) is 0 Å². The van der Waals surface area contributed by atoms with Gasteiger partial charge >= 0.3 is 0 Å². The molecular weight excluding hydrogens is 274 g/mol. The SMILES string of the molecule is CCC1CCCCCN1S(=O)(=O)c1c[nH]c(CNC)c1. The second-order valence-corrected chi connectivity index (χ2v) is 7.31. The van der Waals surface area contributed by atoms with Crippen molar-refractivity contribution in [3.05, 3.63) is 18.0 Å². The highest BCUT2D eigenvalue weighted by Crippen LogP contribution is 2.26. The monoisotopic (exact) mass is 299 g/mol. The van der Waals surface area contributed by atoms with Crippen LogP contribution in [0.15, 0.2) is 17.2 Å². The van der Waals surface area contributed by atoms with Crippen molar-refractivity contribution < 1.29 is 8.42 Å². The van der Waals surface area contributed by atoms with Crippen LogP contribution >= 0.6 is 0 Å². The number of nitrogens with one attached hydrogen (secondary N) is 2. The summed E-state index contributed by atoms with van der Waals surface area (Å²) < 4.78 is 27.3. The molecular formula is C14H25N3O2S. The number of rotatable bonds is 5. The maximum Gasteiger partial charge on any atom is 0.244 e. The van der Waals surface area contributed by atoms with Gasteiger partial charge in [0.2, 0.25) is 10.0 Å². The Morgan fingerprint density at radius 2 is 2.20 bits per heavy atom. The van der Waals surface area contributed by atoms with E-state index in [1.807, 2.05) is 7.05 Å². The lowest BCUT2D eigenvalue weighted by atomic mass is 10.1. The molecule has 5 nitrogen and oxygen atoms in total. The Labute approximate surface area is 121 Å². The minimum absolute atomic E-state index is 0.144. The molecule has 2 rings (SSSR count). The van der Waals surface area contributed by atoms with Gasteiger partial charge in [0.25, 0.3) is 0 Å². The highest BCUT2D eigenvalue weighted by atomic mass is 32.2. The summed E-state index contributed by atoms with van der Waals surface area (Å²) in [5, 5.41) is 3.02. The summed E-state index contributed by atoms with van der Waals surface area (Å²) in [4.78, 5) is 3.42. The molecule has 1 aromatic rings. The Morgan fingerprint density at radius 1 is 1.40 bits per heavy atom. The van der Waals surface area contributed by atoms with Crippen LogP contribution in [0.5, 0.6) is 0 Å². The topological polar surface area (TPSA) is 65.2 Å². The Balaban J connectivity index is 2.26. The molecule has 1 fully saturated rings. The van der Waals surface area contributed by atoms with Crippen molar-refractivity contribution in [1.82, 2.24) is 14.6 Å². The van der Waals surface area contributed by atoms with Gasteiger partial charge in [-0.25, -0.2) is 8.42 Å². The van der Waals surface area contributed by atoms with E-state index in [4.69, 9.17) is 0 Å². The van der Waals surface area contributed by atoms with Crippen LogP contribution in [-0.4, -0.2) is 37.3 Å². The maximum absolute atomic E-state index is 12.8. The van der Waals surface area contributed by atoms with Crippen LogP contribution < -0.4 is 5.32 Å². The first-order valence-electron chi connectivity index (χ1n) is 7.43. The van der Waals surface area contributed by atoms with Crippen LogP contribution in [0.2, 0.25) is 0 Å². The molecule has 1 atom stereocenters. The molecule has 114 valence electrons. The second-order valence-electron chi connectivity index (χ2n) is 5.42. The summed E-state index contributed by atoms with van der Waals surface area (Å²) >= 11 is 0. The molecule has 1 saturated heterocycles. The largest absolute Gasteiger partial charge is 0.363 e. The van der Waals surface area contributed by atoms with Gasteiger partial charge in [-0.05, 0) is 32.4 Å². The molecule has 1 aliphatic rings. The van der Waals surface area contributed by atoms with Crippen LogP contribution in [0.1, 0.15) is 44.7 Å². The van der Waals surface area contributed by atoms with Crippen LogP contribution in [0.4, 0.5) is 0 Å². The van der Waals surface area contributed by atoms with E-state index >= 15 is 0 Å². The maximum atomic E-state index is 12.8. The molecule has 1 aliphatic heterocycles. The van der Waals surface area contributed by atoms with E-state index in [1.54, 1.807) is 16.6 Å². The number of aromatic amines is 1. The highest BCUT2D eigenvalue weighted by molar-refractivity contribution is 7.89. The van der Waals surface area contributed by atoms with Crippen molar-refractivity contribution in [2.45, 2.75) is 56.5 Å². The molecule has 0 spiro atoms. The van der Waals surface area contributed by atoms with Crippen molar-refractivity contribution in [2.75, 3.05) is 13.6 Å². The molecule has 6 heteroatoms. The number of nitrogens with zero attached hydrogens (tertiary/aromatic N) is 1. The standard InChI is InChI=1S/C14H25N3O2S/c1-3-13-7-5-4-6-8-17(13)20(18,19)14-9-12(10-15-2)16-11-14/h9,11,13,15-16H,3-8,10H2,1-2H3. The first-order chi connectivity index (χ1) is 9.59. The number of aromatic nitrogens is 1. The van der Waals surface area contributed by atoms with Crippen LogP contribution in [0, 0.1) is 0 Å². The van der Waals surface area contributed by atoms with Gasteiger partial charge in [0.05, 0.1) is 4.90 Å². The number of hydrogen-bond acceptors (Lipinski definition) is 3. The van der Waals surface area contributed by atoms with E-state index in [-0.39, 0.29) is 6.04 Å². The first kappa shape index (κ1) is 15.5. The summed E-state index contributed by atoms with van der Waals surface area (Å²) in [5.41, 5.74) is 0.897.